The standard InChI is InChI=1S/C56H74N6O7/c1-6-41-32-50-51(58-53(41)66)30-40(34-57-50)36-61-27-25-60(26-28-61)35-39-19-23-62(24-20-39)54(67)68-29-9-7-8-22-59(5)44-13-10-42(11-14-44)48-33-55(4)49(18-21-56(55,37(2)63)69-38(3)64)47-16-12-43-31-45(65)15-17-46(43)52(47)48/h10-11,13-14,30-32,34,39,47-49H,6-9,12,15-29,33,35-36H2,1-5H3,(H,58,66)/t47-,48+,49-,55-,56-/m0/s1. The second-order valence-corrected chi connectivity index (χ2v) is 21.5. The zero-order valence-corrected chi connectivity index (χ0v) is 41.8. The average molecular weight is 943 g/mol. The Morgan fingerprint density at radius 1 is 0.899 bits per heavy atom. The number of Topliss-reactive ketones (excluding diaryl/α,β-unsaturated/α-hetero) is 1. The molecule has 2 aromatic heterocycles. The third-order valence-electron chi connectivity index (χ3n) is 17.3. The second-order valence-electron chi connectivity index (χ2n) is 21.5. The van der Waals surface area contributed by atoms with E-state index in [-0.39, 0.29) is 41.0 Å². The molecule has 0 unspecified atom stereocenters. The van der Waals surface area contributed by atoms with Gasteiger partial charge in [-0.2, -0.15) is 0 Å². The summed E-state index contributed by atoms with van der Waals surface area (Å²) in [5.74, 6) is 0.919. The van der Waals surface area contributed by atoms with E-state index >= 15 is 0 Å². The Balaban J connectivity index is 0.703. The summed E-state index contributed by atoms with van der Waals surface area (Å²) in [4.78, 5) is 80.8. The zero-order chi connectivity index (χ0) is 48.5. The fourth-order valence-corrected chi connectivity index (χ4v) is 13.5. The van der Waals surface area contributed by atoms with E-state index in [2.05, 4.69) is 69.0 Å². The molecule has 1 amide bonds. The van der Waals surface area contributed by atoms with E-state index in [9.17, 15) is 24.0 Å². The fourth-order valence-electron chi connectivity index (χ4n) is 13.5. The van der Waals surface area contributed by atoms with E-state index in [4.69, 9.17) is 9.47 Å². The molecule has 69 heavy (non-hydrogen) atoms. The van der Waals surface area contributed by atoms with Crippen LogP contribution in [-0.2, 0) is 36.8 Å². The van der Waals surface area contributed by atoms with Crippen molar-refractivity contribution in [2.75, 3.05) is 70.9 Å². The highest BCUT2D eigenvalue weighted by atomic mass is 16.6. The summed E-state index contributed by atoms with van der Waals surface area (Å²) in [5.41, 5.74) is 8.22. The van der Waals surface area contributed by atoms with Crippen molar-refractivity contribution in [2.24, 2.45) is 23.2 Å². The van der Waals surface area contributed by atoms with Crippen molar-refractivity contribution in [3.8, 4) is 0 Å². The van der Waals surface area contributed by atoms with Gasteiger partial charge < -0.3 is 29.2 Å². The molecule has 370 valence electrons. The SMILES string of the molecule is CCc1cc2ncc(CN3CCN(CC4CCN(C(=O)OCCCCCN(C)c5ccc([C@H]6C[C@@]7(C)[C@@H](CC[C@]7(OC(C)=O)C(C)=O)[C@@H]7CCC8=CC(=O)CCC8=C76)cc5)CC4)CC3)cc2[nH]c1=O. The number of aromatic amines is 1. The average Bonchev–Trinajstić information content (AvgIpc) is 3.64. The molecule has 5 atom stereocenters. The molecule has 4 heterocycles. The maximum absolute atomic E-state index is 13.6. The van der Waals surface area contributed by atoms with Crippen molar-refractivity contribution in [1.82, 2.24) is 24.7 Å². The van der Waals surface area contributed by atoms with Crippen molar-refractivity contribution in [1.29, 1.82) is 0 Å². The maximum atomic E-state index is 13.6. The van der Waals surface area contributed by atoms with Crippen LogP contribution in [0.15, 0.2) is 70.2 Å². The number of amides is 1. The van der Waals surface area contributed by atoms with Gasteiger partial charge in [0.25, 0.3) is 5.56 Å². The van der Waals surface area contributed by atoms with Gasteiger partial charge in [0.05, 0.1) is 17.6 Å². The number of unbranched alkanes of at least 4 members (excludes halogenated alkanes) is 2. The van der Waals surface area contributed by atoms with Crippen molar-refractivity contribution < 1.29 is 28.7 Å². The fraction of sp³-hybridized carbons (Fsp3) is 0.607. The van der Waals surface area contributed by atoms with Crippen molar-refractivity contribution in [3.05, 3.63) is 92.4 Å². The summed E-state index contributed by atoms with van der Waals surface area (Å²) >= 11 is 0. The van der Waals surface area contributed by atoms with Crippen LogP contribution in [0.3, 0.4) is 0 Å². The third kappa shape index (κ3) is 10.1. The Kier molecular flexibility index (Phi) is 14.6. The topological polar surface area (TPSA) is 145 Å². The lowest BCUT2D eigenvalue weighted by Gasteiger charge is -2.55. The minimum absolute atomic E-state index is 0.0280. The van der Waals surface area contributed by atoms with Crippen LogP contribution in [0.5, 0.6) is 0 Å². The highest BCUT2D eigenvalue weighted by Crippen LogP contribution is 2.68. The Hall–Kier alpha value is -5.14. The highest BCUT2D eigenvalue weighted by molar-refractivity contribution is 5.93. The number of piperazine rings is 1. The molecule has 4 aliphatic carbocycles. The summed E-state index contributed by atoms with van der Waals surface area (Å²) in [6.07, 6.45) is 14.4. The number of hydrogen-bond acceptors (Lipinski definition) is 11. The number of allylic oxidation sites excluding steroid dienone is 4. The Morgan fingerprint density at radius 3 is 2.38 bits per heavy atom. The molecular weight excluding hydrogens is 869 g/mol. The number of carbonyl (C=O) groups is 4. The lowest BCUT2D eigenvalue weighted by Crippen LogP contribution is -2.57. The van der Waals surface area contributed by atoms with Crippen molar-refractivity contribution in [2.45, 2.75) is 129 Å². The van der Waals surface area contributed by atoms with E-state index in [1.165, 1.54) is 29.2 Å². The molecule has 1 aromatic carbocycles. The van der Waals surface area contributed by atoms with Gasteiger partial charge in [-0.1, -0.05) is 31.6 Å². The molecule has 2 saturated carbocycles. The highest BCUT2D eigenvalue weighted by Gasteiger charge is 2.67. The minimum atomic E-state index is -1.13. The van der Waals surface area contributed by atoms with Gasteiger partial charge in [0.2, 0.25) is 0 Å². The van der Waals surface area contributed by atoms with Crippen molar-refractivity contribution >= 4 is 40.3 Å². The van der Waals surface area contributed by atoms with E-state index in [0.717, 1.165) is 151 Å². The molecule has 0 bridgehead atoms. The minimum Gasteiger partial charge on any atom is -0.451 e. The van der Waals surface area contributed by atoms with Crippen LogP contribution in [0.4, 0.5) is 10.5 Å². The number of ether oxygens (including phenoxy) is 2. The number of H-pyrrole nitrogens is 1. The molecule has 4 fully saturated rings. The van der Waals surface area contributed by atoms with Crippen LogP contribution in [0.1, 0.15) is 127 Å². The van der Waals surface area contributed by atoms with Crippen LogP contribution >= 0.6 is 0 Å². The van der Waals surface area contributed by atoms with E-state index in [1.807, 2.05) is 30.2 Å². The first-order valence-corrected chi connectivity index (χ1v) is 26.1. The van der Waals surface area contributed by atoms with Gasteiger partial charge >= 0.3 is 12.1 Å². The zero-order valence-electron chi connectivity index (χ0n) is 41.8. The number of anilines is 1. The summed E-state index contributed by atoms with van der Waals surface area (Å²) in [6.45, 7) is 16.0. The summed E-state index contributed by atoms with van der Waals surface area (Å²) in [6, 6.07) is 12.9. The number of fused-ring (bicyclic) bond motifs is 5. The number of aryl methyl sites for hydroxylation is 1. The number of nitrogens with zero attached hydrogens (tertiary/aromatic N) is 5. The van der Waals surface area contributed by atoms with Gasteiger partial charge in [-0.15, -0.1) is 0 Å². The van der Waals surface area contributed by atoms with Gasteiger partial charge in [0.15, 0.2) is 17.2 Å². The molecule has 0 radical (unpaired) electrons. The van der Waals surface area contributed by atoms with Gasteiger partial charge in [-0.3, -0.25) is 29.1 Å². The molecule has 0 spiro atoms. The molecule has 2 saturated heterocycles. The quantitative estimate of drug-likeness (QED) is 0.116. The van der Waals surface area contributed by atoms with E-state index in [0.29, 0.717) is 31.8 Å². The second kappa shape index (κ2) is 20.7. The van der Waals surface area contributed by atoms with E-state index < -0.39 is 17.0 Å². The molecular formula is C56H74N6O7. The van der Waals surface area contributed by atoms with Crippen molar-refractivity contribution in [3.63, 3.8) is 0 Å². The maximum Gasteiger partial charge on any atom is 0.409 e. The summed E-state index contributed by atoms with van der Waals surface area (Å²) in [5, 5.41) is 0. The van der Waals surface area contributed by atoms with Gasteiger partial charge in [-0.05, 0) is 154 Å². The number of benzene rings is 1. The van der Waals surface area contributed by atoms with Crippen LogP contribution in [0.25, 0.3) is 11.0 Å². The molecule has 6 aliphatic rings. The smallest absolute Gasteiger partial charge is 0.409 e. The number of carbonyl (C=O) groups excluding carboxylic acids is 4. The van der Waals surface area contributed by atoms with Crippen LogP contribution < -0.4 is 10.5 Å². The number of pyridine rings is 2. The monoisotopic (exact) mass is 943 g/mol. The molecule has 13 nitrogen and oxygen atoms in total. The molecule has 2 aliphatic heterocycles. The predicted octanol–water partition coefficient (Wildman–Crippen LogP) is 8.55. The first-order chi connectivity index (χ1) is 33.2. The summed E-state index contributed by atoms with van der Waals surface area (Å²) in [7, 11) is 2.12. The molecule has 3 aromatic rings. The Bertz CT molecular complexity index is 2530. The van der Waals surface area contributed by atoms with Crippen LogP contribution in [0, 0.1) is 23.2 Å². The lowest BCUT2D eigenvalue weighted by atomic mass is 9.50. The molecule has 1 N–H and O–H groups in total. The predicted molar refractivity (Wildman–Crippen MR) is 268 cm³/mol. The molecule has 9 rings (SSSR count). The van der Waals surface area contributed by atoms with Crippen LogP contribution in [-0.4, -0.2) is 120 Å². The number of rotatable bonds is 15. The number of nitrogens with one attached hydrogen (secondary N) is 1. The Morgan fingerprint density at radius 2 is 1.65 bits per heavy atom. The number of hydrogen-bond donors (Lipinski definition) is 1. The normalized spacial score (nSPS) is 26.6. The third-order valence-corrected chi connectivity index (χ3v) is 17.3. The largest absolute Gasteiger partial charge is 0.451 e. The lowest BCUT2D eigenvalue weighted by molar-refractivity contribution is -0.182. The number of aromatic nitrogens is 2. The van der Waals surface area contributed by atoms with Gasteiger partial charge in [-0.25, -0.2) is 4.79 Å². The molecule has 13 heteroatoms. The van der Waals surface area contributed by atoms with Gasteiger partial charge in [0, 0.05) is 108 Å². The van der Waals surface area contributed by atoms with Crippen LogP contribution in [0.2, 0.25) is 0 Å². The summed E-state index contributed by atoms with van der Waals surface area (Å²) < 4.78 is 11.9. The van der Waals surface area contributed by atoms with Gasteiger partial charge in [0.1, 0.15) is 0 Å². The van der Waals surface area contributed by atoms with E-state index in [1.54, 1.807) is 6.92 Å². The Labute approximate surface area is 408 Å². The first-order valence-electron chi connectivity index (χ1n) is 26.1. The number of likely N-dealkylation sites (tertiary alicyclic amines) is 1. The number of ketones is 2. The first kappa shape index (κ1) is 48.9. The number of piperidine rings is 1. The number of esters is 1.